The molecule has 19 heavy (non-hydrogen) atoms. The average molecular weight is 258 g/mol. The molecule has 2 N–H and O–H groups in total. The summed E-state index contributed by atoms with van der Waals surface area (Å²) in [6.45, 7) is 0.871. The van der Waals surface area contributed by atoms with E-state index in [1.165, 1.54) is 10.9 Å². The number of carboxylic acids is 1. The van der Waals surface area contributed by atoms with Crippen LogP contribution in [0.15, 0.2) is 24.5 Å². The van der Waals surface area contributed by atoms with E-state index in [-0.39, 0.29) is 5.69 Å². The smallest absolute Gasteiger partial charge is 0.358 e. The Morgan fingerprint density at radius 1 is 1.58 bits per heavy atom. The molecule has 2 aromatic rings. The molecule has 0 saturated carbocycles. The summed E-state index contributed by atoms with van der Waals surface area (Å²) in [4.78, 5) is 14.7. The van der Waals surface area contributed by atoms with E-state index in [1.54, 1.807) is 18.3 Å². The first-order chi connectivity index (χ1) is 9.20. The monoisotopic (exact) mass is 258 g/mol. The molecule has 0 aliphatic heterocycles. The molecule has 0 spiro atoms. The van der Waals surface area contributed by atoms with Crippen molar-refractivity contribution in [3.8, 4) is 6.07 Å². The Hall–Kier alpha value is -2.95. The van der Waals surface area contributed by atoms with E-state index >= 15 is 0 Å². The van der Waals surface area contributed by atoms with E-state index in [4.69, 9.17) is 10.4 Å². The highest BCUT2D eigenvalue weighted by atomic mass is 16.4. The number of hydrogen-bond donors (Lipinski definition) is 2. The maximum Gasteiger partial charge on any atom is 0.358 e. The molecule has 96 valence electrons. The number of aromatic carboxylic acids is 1. The molecule has 0 fully saturated rings. The lowest BCUT2D eigenvalue weighted by atomic mass is 10.3. The van der Waals surface area contributed by atoms with Crippen LogP contribution in [0.3, 0.4) is 0 Å². The number of pyridine rings is 1. The number of carbonyl (C=O) groups is 1. The summed E-state index contributed by atoms with van der Waals surface area (Å²) < 4.78 is 1.41. The van der Waals surface area contributed by atoms with Crippen molar-refractivity contribution >= 4 is 11.8 Å². The van der Waals surface area contributed by atoms with Gasteiger partial charge in [0, 0.05) is 12.7 Å². The zero-order chi connectivity index (χ0) is 13.7. The Kier molecular flexibility index (Phi) is 3.68. The summed E-state index contributed by atoms with van der Waals surface area (Å²) in [7, 11) is 0. The minimum atomic E-state index is -1.12. The minimum absolute atomic E-state index is 0.101. The van der Waals surface area contributed by atoms with Gasteiger partial charge in [0.25, 0.3) is 0 Å². The number of carboxylic acid groups (broad SMARTS) is 1. The van der Waals surface area contributed by atoms with Gasteiger partial charge in [0.15, 0.2) is 5.69 Å². The van der Waals surface area contributed by atoms with Crippen LogP contribution in [0.4, 0.5) is 5.82 Å². The third kappa shape index (κ3) is 3.04. The normalized spacial score (nSPS) is 9.84. The van der Waals surface area contributed by atoms with Crippen LogP contribution in [0.5, 0.6) is 0 Å². The molecule has 0 unspecified atom stereocenters. The van der Waals surface area contributed by atoms with Gasteiger partial charge in [-0.3, -0.25) is 0 Å². The topological polar surface area (TPSA) is 117 Å². The minimum Gasteiger partial charge on any atom is -0.476 e. The van der Waals surface area contributed by atoms with Gasteiger partial charge in [0.05, 0.1) is 18.3 Å². The molecule has 2 heterocycles. The summed E-state index contributed by atoms with van der Waals surface area (Å²) in [6, 6.07) is 5.37. The van der Waals surface area contributed by atoms with Crippen LogP contribution in [-0.2, 0) is 6.54 Å². The maximum atomic E-state index is 10.6. The van der Waals surface area contributed by atoms with Gasteiger partial charge in [-0.05, 0) is 12.1 Å². The van der Waals surface area contributed by atoms with E-state index in [0.29, 0.717) is 24.5 Å². The Bertz CT molecular complexity index is 630. The molecular weight excluding hydrogens is 248 g/mol. The molecule has 0 amide bonds. The highest BCUT2D eigenvalue weighted by Crippen LogP contribution is 2.08. The maximum absolute atomic E-state index is 10.6. The number of nitrogens with one attached hydrogen (secondary N) is 1. The summed E-state index contributed by atoms with van der Waals surface area (Å²) in [6.07, 6.45) is 2.93. The van der Waals surface area contributed by atoms with Gasteiger partial charge in [0.1, 0.15) is 11.9 Å². The van der Waals surface area contributed by atoms with E-state index < -0.39 is 5.97 Å². The van der Waals surface area contributed by atoms with Gasteiger partial charge in [-0.2, -0.15) is 5.26 Å². The summed E-state index contributed by atoms with van der Waals surface area (Å²) >= 11 is 0. The van der Waals surface area contributed by atoms with E-state index in [2.05, 4.69) is 20.6 Å². The lowest BCUT2D eigenvalue weighted by molar-refractivity contribution is 0.0690. The van der Waals surface area contributed by atoms with Crippen molar-refractivity contribution in [2.75, 3.05) is 11.9 Å². The van der Waals surface area contributed by atoms with Crippen molar-refractivity contribution in [2.45, 2.75) is 6.54 Å². The highest BCUT2D eigenvalue weighted by Gasteiger charge is 2.08. The third-order valence-electron chi connectivity index (χ3n) is 2.32. The van der Waals surface area contributed by atoms with Gasteiger partial charge in [0.2, 0.25) is 0 Å². The van der Waals surface area contributed by atoms with Crippen molar-refractivity contribution in [1.82, 2.24) is 20.0 Å². The number of hydrogen-bond acceptors (Lipinski definition) is 6. The number of aromatic nitrogens is 4. The van der Waals surface area contributed by atoms with Crippen molar-refractivity contribution < 1.29 is 9.90 Å². The fourth-order valence-corrected chi connectivity index (χ4v) is 1.43. The molecule has 2 rings (SSSR count). The second kappa shape index (κ2) is 5.59. The Balaban J connectivity index is 1.93. The van der Waals surface area contributed by atoms with Crippen LogP contribution in [0.2, 0.25) is 0 Å². The third-order valence-corrected chi connectivity index (χ3v) is 2.32. The molecule has 8 nitrogen and oxygen atoms in total. The first-order valence-corrected chi connectivity index (χ1v) is 5.43. The van der Waals surface area contributed by atoms with Crippen molar-refractivity contribution in [3.63, 3.8) is 0 Å². The van der Waals surface area contributed by atoms with Crippen molar-refractivity contribution in [1.29, 1.82) is 5.26 Å². The van der Waals surface area contributed by atoms with Crippen LogP contribution >= 0.6 is 0 Å². The molecule has 0 saturated heterocycles. The molecule has 0 aliphatic rings. The molecule has 2 aromatic heterocycles. The SMILES string of the molecule is N#Cc1cccnc1NCCn1cc(C(=O)O)nn1. The summed E-state index contributed by atoms with van der Waals surface area (Å²) in [5, 5.41) is 27.7. The lowest BCUT2D eigenvalue weighted by Gasteiger charge is -2.06. The van der Waals surface area contributed by atoms with E-state index in [9.17, 15) is 4.79 Å². The van der Waals surface area contributed by atoms with Crippen LogP contribution < -0.4 is 5.32 Å². The van der Waals surface area contributed by atoms with Crippen LogP contribution in [0, 0.1) is 11.3 Å². The van der Waals surface area contributed by atoms with E-state index in [1.807, 2.05) is 6.07 Å². The molecule has 0 aromatic carbocycles. The number of nitriles is 1. The van der Waals surface area contributed by atoms with Crippen LogP contribution in [-0.4, -0.2) is 37.6 Å². The summed E-state index contributed by atoms with van der Waals surface area (Å²) in [5.74, 6) is -0.626. The fraction of sp³-hybridized carbons (Fsp3) is 0.182. The molecule has 8 heteroatoms. The van der Waals surface area contributed by atoms with E-state index in [0.717, 1.165) is 0 Å². The predicted octanol–water partition coefficient (Wildman–Crippen LogP) is 0.355. The fourth-order valence-electron chi connectivity index (χ4n) is 1.43. The van der Waals surface area contributed by atoms with Gasteiger partial charge in [-0.15, -0.1) is 5.10 Å². The van der Waals surface area contributed by atoms with Crippen molar-refractivity contribution in [3.05, 3.63) is 35.8 Å². The zero-order valence-electron chi connectivity index (χ0n) is 9.82. The zero-order valence-corrected chi connectivity index (χ0v) is 9.82. The molecular formula is C11H10N6O2. The number of nitrogens with zero attached hydrogens (tertiary/aromatic N) is 5. The standard InChI is InChI=1S/C11H10N6O2/c12-6-8-2-1-3-13-10(8)14-4-5-17-7-9(11(18)19)15-16-17/h1-3,7H,4-5H2,(H,13,14)(H,18,19). The predicted molar refractivity (Wildman–Crippen MR) is 64.4 cm³/mol. The van der Waals surface area contributed by atoms with Crippen molar-refractivity contribution in [2.24, 2.45) is 0 Å². The molecule has 0 aliphatic carbocycles. The quantitative estimate of drug-likeness (QED) is 0.794. The molecule has 0 bridgehead atoms. The van der Waals surface area contributed by atoms with Gasteiger partial charge < -0.3 is 10.4 Å². The summed E-state index contributed by atoms with van der Waals surface area (Å²) in [5.41, 5.74) is 0.350. The largest absolute Gasteiger partial charge is 0.476 e. The number of rotatable bonds is 5. The molecule has 0 radical (unpaired) electrons. The number of anilines is 1. The molecule has 0 atom stereocenters. The van der Waals surface area contributed by atoms with Crippen LogP contribution in [0.25, 0.3) is 0 Å². The lowest BCUT2D eigenvalue weighted by Crippen LogP contribution is -2.12. The Morgan fingerprint density at radius 2 is 2.42 bits per heavy atom. The Labute approximate surface area is 108 Å². The Morgan fingerprint density at radius 3 is 3.11 bits per heavy atom. The highest BCUT2D eigenvalue weighted by molar-refractivity contribution is 5.84. The second-order valence-electron chi connectivity index (χ2n) is 3.61. The second-order valence-corrected chi connectivity index (χ2v) is 3.61. The van der Waals surface area contributed by atoms with Gasteiger partial charge in [-0.25, -0.2) is 14.5 Å². The van der Waals surface area contributed by atoms with Gasteiger partial charge >= 0.3 is 5.97 Å². The van der Waals surface area contributed by atoms with Gasteiger partial charge in [-0.1, -0.05) is 5.21 Å². The first-order valence-electron chi connectivity index (χ1n) is 5.43. The van der Waals surface area contributed by atoms with Crippen LogP contribution in [0.1, 0.15) is 16.1 Å². The first kappa shape index (κ1) is 12.5. The average Bonchev–Trinajstić information content (AvgIpc) is 2.88.